The van der Waals surface area contributed by atoms with Crippen molar-refractivity contribution < 1.29 is 46.3 Å². The summed E-state index contributed by atoms with van der Waals surface area (Å²) in [4.78, 5) is 5.83. The van der Waals surface area contributed by atoms with Gasteiger partial charge in [0.15, 0.2) is 0 Å². The van der Waals surface area contributed by atoms with Crippen LogP contribution < -0.4 is 4.90 Å². The number of anilines is 1. The Kier molecular flexibility index (Phi) is 15.3. The van der Waals surface area contributed by atoms with Crippen LogP contribution in [0.4, 0.5) is 18.9 Å². The third kappa shape index (κ3) is 14.8. The summed E-state index contributed by atoms with van der Waals surface area (Å²) in [6, 6.07) is 2.78. The predicted octanol–water partition coefficient (Wildman–Crippen LogP) is 10.5. The van der Waals surface area contributed by atoms with Crippen LogP contribution in [0.25, 0.3) is 0 Å². The summed E-state index contributed by atoms with van der Waals surface area (Å²) >= 11 is 0. The minimum atomic E-state index is -4.58. The van der Waals surface area contributed by atoms with Crippen LogP contribution in [0.3, 0.4) is 0 Å². The third-order valence-electron chi connectivity index (χ3n) is 13.0. The molecule has 61 heavy (non-hydrogen) atoms. The summed E-state index contributed by atoms with van der Waals surface area (Å²) in [6.45, 7) is 25.2. The number of ether oxygens (including phenoxy) is 7. The molecule has 5 saturated carbocycles. The molecule has 0 atom stereocenters. The lowest BCUT2D eigenvalue weighted by Gasteiger charge is -2.70. The highest BCUT2D eigenvalue weighted by molar-refractivity contribution is 5.52. The number of hydrogen-bond donors (Lipinski definition) is 0. The summed E-state index contributed by atoms with van der Waals surface area (Å²) in [5, 5.41) is 0. The molecule has 346 valence electrons. The number of nitrogens with zero attached hydrogens (tertiary/aromatic N) is 2. The molecule has 2 bridgehead atoms. The van der Waals surface area contributed by atoms with E-state index in [4.69, 9.17) is 33.2 Å². The largest absolute Gasteiger partial charge is 0.433 e. The van der Waals surface area contributed by atoms with Gasteiger partial charge in [0.1, 0.15) is 18.0 Å². The third-order valence-corrected chi connectivity index (χ3v) is 13.0. The van der Waals surface area contributed by atoms with Crippen LogP contribution in [0.15, 0.2) is 12.1 Å². The van der Waals surface area contributed by atoms with Crippen LogP contribution in [-0.4, -0.2) is 104 Å². The number of unbranched alkanes of at least 4 members (excludes halogenated alkanes) is 1. The minimum Gasteiger partial charge on any atom is -0.381 e. The van der Waals surface area contributed by atoms with Gasteiger partial charge in [-0.25, -0.2) is 4.98 Å². The zero-order valence-corrected chi connectivity index (χ0v) is 39.1. The summed E-state index contributed by atoms with van der Waals surface area (Å²) in [5.74, 6) is 5.77. The second kappa shape index (κ2) is 19.2. The van der Waals surface area contributed by atoms with Gasteiger partial charge in [0, 0.05) is 32.0 Å². The normalized spacial score (nSPS) is 28.3. The number of hydrogen-bond acceptors (Lipinski definition) is 9. The van der Waals surface area contributed by atoms with E-state index < -0.39 is 17.5 Å². The lowest BCUT2D eigenvalue weighted by Crippen LogP contribution is -2.66. The Morgan fingerprint density at radius 3 is 1.84 bits per heavy atom. The Balaban J connectivity index is 0.823. The molecule has 7 rings (SSSR count). The van der Waals surface area contributed by atoms with Gasteiger partial charge in [-0.1, -0.05) is 5.92 Å². The van der Waals surface area contributed by atoms with Gasteiger partial charge < -0.3 is 38.1 Å². The molecule has 12 heteroatoms. The first-order valence-corrected chi connectivity index (χ1v) is 23.2. The van der Waals surface area contributed by atoms with Crippen molar-refractivity contribution in [1.29, 1.82) is 0 Å². The van der Waals surface area contributed by atoms with Gasteiger partial charge in [-0.2, -0.15) is 13.2 Å². The van der Waals surface area contributed by atoms with E-state index in [1.165, 1.54) is 19.3 Å². The smallest absolute Gasteiger partial charge is 0.381 e. The SMILES string of the molecule is CC(C)(C)OC1CC(OCC23CC(COCCCCOC(C)(C)CCC(C)(C)OCC#Cc4cc(N5CCC(OC6CC(OC(C)(C)C)C6)CC5)cc(C(F)(F)F)n4)(C2)C3)C1. The van der Waals surface area contributed by atoms with E-state index in [0.717, 1.165) is 90.1 Å². The summed E-state index contributed by atoms with van der Waals surface area (Å²) in [7, 11) is 0. The number of halogens is 3. The first kappa shape index (κ1) is 48.5. The maximum absolute atomic E-state index is 13.9. The molecule has 6 fully saturated rings. The van der Waals surface area contributed by atoms with E-state index in [1.54, 1.807) is 6.07 Å². The van der Waals surface area contributed by atoms with E-state index in [0.29, 0.717) is 48.4 Å². The Labute approximate surface area is 365 Å². The van der Waals surface area contributed by atoms with Crippen molar-refractivity contribution in [3.8, 4) is 11.8 Å². The molecule has 0 amide bonds. The maximum atomic E-state index is 13.9. The van der Waals surface area contributed by atoms with E-state index >= 15 is 0 Å². The van der Waals surface area contributed by atoms with Gasteiger partial charge in [0.25, 0.3) is 0 Å². The topological polar surface area (TPSA) is 80.7 Å². The van der Waals surface area contributed by atoms with Gasteiger partial charge >= 0.3 is 6.18 Å². The van der Waals surface area contributed by atoms with E-state index in [9.17, 15) is 13.2 Å². The second-order valence-electron chi connectivity index (χ2n) is 22.4. The fraction of sp³-hybridized carbons (Fsp3) is 0.857. The van der Waals surface area contributed by atoms with Crippen LogP contribution >= 0.6 is 0 Å². The molecule has 5 aliphatic carbocycles. The van der Waals surface area contributed by atoms with Crippen molar-refractivity contribution in [3.63, 3.8) is 0 Å². The average Bonchev–Trinajstić information content (AvgIpc) is 3.09. The van der Waals surface area contributed by atoms with Gasteiger partial charge in [-0.3, -0.25) is 0 Å². The van der Waals surface area contributed by atoms with Gasteiger partial charge in [-0.05, 0) is 182 Å². The number of alkyl halides is 3. The highest BCUT2D eigenvalue weighted by Crippen LogP contribution is 2.73. The Morgan fingerprint density at radius 1 is 0.689 bits per heavy atom. The molecule has 0 N–H and O–H groups in total. The zero-order valence-electron chi connectivity index (χ0n) is 39.1. The Hall–Kier alpha value is -1.98. The molecule has 0 radical (unpaired) electrons. The van der Waals surface area contributed by atoms with Gasteiger partial charge in [0.2, 0.25) is 0 Å². The van der Waals surface area contributed by atoms with Crippen LogP contribution in [0, 0.1) is 22.7 Å². The predicted molar refractivity (Wildman–Crippen MR) is 232 cm³/mol. The second-order valence-corrected chi connectivity index (χ2v) is 22.4. The number of piperidine rings is 1. The highest BCUT2D eigenvalue weighted by Gasteiger charge is 2.67. The molecule has 6 aliphatic rings. The molecule has 0 unspecified atom stereocenters. The van der Waals surface area contributed by atoms with Crippen molar-refractivity contribution in [2.75, 3.05) is 51.0 Å². The Bertz CT molecular complexity index is 1620. The number of aromatic nitrogens is 1. The van der Waals surface area contributed by atoms with E-state index in [2.05, 4.69) is 72.2 Å². The quantitative estimate of drug-likeness (QED) is 0.0887. The molecule has 9 nitrogen and oxygen atoms in total. The lowest BCUT2D eigenvalue weighted by atomic mass is 9.35. The molecular formula is C49H77F3N2O7. The zero-order chi connectivity index (χ0) is 44.3. The first-order chi connectivity index (χ1) is 28.4. The van der Waals surface area contributed by atoms with Crippen molar-refractivity contribution in [1.82, 2.24) is 4.98 Å². The van der Waals surface area contributed by atoms with Crippen LogP contribution in [-0.2, 0) is 39.3 Å². The monoisotopic (exact) mass is 863 g/mol. The summed E-state index contributed by atoms with van der Waals surface area (Å²) < 4.78 is 84.9. The molecule has 1 aromatic heterocycles. The van der Waals surface area contributed by atoms with Crippen molar-refractivity contribution in [3.05, 3.63) is 23.5 Å². The highest BCUT2D eigenvalue weighted by atomic mass is 19.4. The van der Waals surface area contributed by atoms with Crippen molar-refractivity contribution in [2.24, 2.45) is 10.8 Å². The maximum Gasteiger partial charge on any atom is 0.433 e. The lowest BCUT2D eigenvalue weighted by molar-refractivity contribution is -0.266. The van der Waals surface area contributed by atoms with Crippen LogP contribution in [0.1, 0.15) is 164 Å². The Morgan fingerprint density at radius 2 is 1.25 bits per heavy atom. The van der Waals surface area contributed by atoms with Crippen molar-refractivity contribution >= 4 is 5.69 Å². The number of rotatable bonds is 21. The standard InChI is InChI=1S/C49H77F3N2O7/c1-43(2,3)60-40-26-38(27-40)56-34-48-30-47(31-48,32-48)33-55-21-11-12-22-57-45(7,8)17-18-46(9,10)58-23-13-14-35-24-36(25-42(53-35)49(50,51)52)54-19-15-37(16-20-54)59-39-28-41(29-39)61-44(4,5)6/h24-25,37-41H,11-12,15-23,26-34H2,1-10H3. The van der Waals surface area contributed by atoms with Crippen LogP contribution in [0.5, 0.6) is 0 Å². The minimum absolute atomic E-state index is 0.0802. The van der Waals surface area contributed by atoms with E-state index in [-0.39, 0.29) is 47.4 Å². The summed E-state index contributed by atoms with van der Waals surface area (Å²) in [6.07, 6.45) is 9.11. The average molecular weight is 863 g/mol. The van der Waals surface area contributed by atoms with E-state index in [1.807, 2.05) is 18.7 Å². The molecule has 2 heterocycles. The number of pyridine rings is 1. The van der Waals surface area contributed by atoms with Gasteiger partial charge in [-0.15, -0.1) is 0 Å². The molecule has 0 aromatic carbocycles. The first-order valence-electron chi connectivity index (χ1n) is 23.2. The molecule has 1 aliphatic heterocycles. The fourth-order valence-electron chi connectivity index (χ4n) is 9.78. The van der Waals surface area contributed by atoms with Crippen molar-refractivity contribution in [2.45, 2.75) is 212 Å². The summed E-state index contributed by atoms with van der Waals surface area (Å²) in [5.41, 5.74) is -0.649. The fourth-order valence-corrected chi connectivity index (χ4v) is 9.78. The molecule has 0 spiro atoms. The van der Waals surface area contributed by atoms with Crippen LogP contribution in [0.2, 0.25) is 0 Å². The molecule has 1 aromatic rings. The van der Waals surface area contributed by atoms with Gasteiger partial charge in [0.05, 0.1) is 66.1 Å². The molecule has 1 saturated heterocycles. The molecular weight excluding hydrogens is 786 g/mol.